The van der Waals surface area contributed by atoms with Crippen LogP contribution in [0.4, 0.5) is 13.2 Å². The molecule has 0 aliphatic rings. The second-order valence-electron chi connectivity index (χ2n) is 2.66. The van der Waals surface area contributed by atoms with Gasteiger partial charge in [0.2, 0.25) is 5.88 Å². The molecule has 0 radical (unpaired) electrons. The van der Waals surface area contributed by atoms with Crippen LogP contribution in [-0.2, 0) is 19.8 Å². The van der Waals surface area contributed by atoms with E-state index in [0.29, 0.717) is 0 Å². The van der Waals surface area contributed by atoms with Gasteiger partial charge in [-0.2, -0.15) is 18.3 Å². The molecule has 80 valence electrons. The summed E-state index contributed by atoms with van der Waals surface area (Å²) in [5.74, 6) is 0.0415. The number of halogens is 3. The fourth-order valence-corrected chi connectivity index (χ4v) is 1.22. The Balaban J connectivity index is 3.31. The summed E-state index contributed by atoms with van der Waals surface area (Å²) < 4.78 is 42.9. The van der Waals surface area contributed by atoms with E-state index in [9.17, 15) is 13.2 Å². The summed E-state index contributed by atoms with van der Waals surface area (Å²) in [4.78, 5) is 0. The number of hydrogen-bond acceptors (Lipinski definition) is 3. The maximum absolute atomic E-state index is 12.4. The van der Waals surface area contributed by atoms with Crippen LogP contribution in [0.2, 0.25) is 0 Å². The molecule has 1 heterocycles. The fourth-order valence-electron chi connectivity index (χ4n) is 1.22. The van der Waals surface area contributed by atoms with Gasteiger partial charge in [0.15, 0.2) is 5.69 Å². The zero-order valence-electron chi connectivity index (χ0n) is 7.72. The predicted molar refractivity (Wildman–Crippen MR) is 42.7 cm³/mol. The van der Waals surface area contributed by atoms with Crippen molar-refractivity contribution in [1.29, 1.82) is 0 Å². The normalized spacial score (nSPS) is 11.9. The molecule has 0 atom stereocenters. The van der Waals surface area contributed by atoms with E-state index in [1.807, 2.05) is 0 Å². The smallest absolute Gasteiger partial charge is 0.435 e. The summed E-state index contributed by atoms with van der Waals surface area (Å²) in [6.07, 6.45) is -4.50. The lowest BCUT2D eigenvalue weighted by Gasteiger charge is -2.04. The number of rotatable bonds is 2. The Morgan fingerprint density at radius 3 is 2.43 bits per heavy atom. The van der Waals surface area contributed by atoms with Gasteiger partial charge in [-0.25, -0.2) is 4.68 Å². The number of aromatic nitrogens is 2. The van der Waals surface area contributed by atoms with Crippen LogP contribution in [-0.4, -0.2) is 16.9 Å². The Labute approximate surface area is 78.4 Å². The standard InChI is InChI=1S/C7H10F3N3O/c1-13-6(14-2)4(3-11)5(12-13)7(8,9)10/h3,11H2,1-2H3. The third-order valence-corrected chi connectivity index (χ3v) is 1.75. The van der Waals surface area contributed by atoms with Crippen molar-refractivity contribution in [3.63, 3.8) is 0 Å². The van der Waals surface area contributed by atoms with Crippen molar-refractivity contribution in [2.75, 3.05) is 7.11 Å². The SMILES string of the molecule is COc1c(CN)c(C(F)(F)F)nn1C. The molecule has 7 heteroatoms. The molecule has 1 aromatic heterocycles. The fraction of sp³-hybridized carbons (Fsp3) is 0.571. The van der Waals surface area contributed by atoms with Crippen molar-refractivity contribution in [2.24, 2.45) is 12.8 Å². The highest BCUT2D eigenvalue weighted by molar-refractivity contribution is 5.33. The van der Waals surface area contributed by atoms with Gasteiger partial charge in [-0.3, -0.25) is 0 Å². The molecule has 0 aromatic carbocycles. The maximum atomic E-state index is 12.4. The van der Waals surface area contributed by atoms with Crippen LogP contribution in [0, 0.1) is 0 Å². The summed E-state index contributed by atoms with van der Waals surface area (Å²) in [7, 11) is 2.64. The summed E-state index contributed by atoms with van der Waals surface area (Å²) in [5, 5.41) is 3.31. The largest absolute Gasteiger partial charge is 0.481 e. The molecule has 0 aliphatic carbocycles. The van der Waals surface area contributed by atoms with Crippen molar-refractivity contribution in [3.05, 3.63) is 11.3 Å². The third kappa shape index (κ3) is 1.67. The number of aryl methyl sites for hydroxylation is 1. The van der Waals surface area contributed by atoms with Crippen molar-refractivity contribution < 1.29 is 17.9 Å². The van der Waals surface area contributed by atoms with Crippen LogP contribution in [0.1, 0.15) is 11.3 Å². The summed E-state index contributed by atoms with van der Waals surface area (Å²) >= 11 is 0. The number of ether oxygens (including phenoxy) is 1. The first-order valence-electron chi connectivity index (χ1n) is 3.79. The topological polar surface area (TPSA) is 53.1 Å². The lowest BCUT2D eigenvalue weighted by Crippen LogP contribution is -2.11. The van der Waals surface area contributed by atoms with E-state index in [0.717, 1.165) is 4.68 Å². The Kier molecular flexibility index (Phi) is 2.70. The molecule has 2 N–H and O–H groups in total. The number of methoxy groups -OCH3 is 1. The highest BCUT2D eigenvalue weighted by Gasteiger charge is 2.38. The molecule has 0 fully saturated rings. The number of alkyl halides is 3. The van der Waals surface area contributed by atoms with Crippen molar-refractivity contribution in [3.8, 4) is 5.88 Å². The number of hydrogen-bond donors (Lipinski definition) is 1. The van der Waals surface area contributed by atoms with Crippen LogP contribution in [0.5, 0.6) is 5.88 Å². The van der Waals surface area contributed by atoms with E-state index in [1.165, 1.54) is 14.2 Å². The van der Waals surface area contributed by atoms with Gasteiger partial charge >= 0.3 is 6.18 Å². The minimum absolute atomic E-state index is 0.0415. The molecule has 0 bridgehead atoms. The first kappa shape index (κ1) is 10.8. The maximum Gasteiger partial charge on any atom is 0.435 e. The van der Waals surface area contributed by atoms with Gasteiger partial charge < -0.3 is 10.5 Å². The van der Waals surface area contributed by atoms with Crippen LogP contribution in [0.15, 0.2) is 0 Å². The summed E-state index contributed by atoms with van der Waals surface area (Å²) in [6.45, 7) is -0.258. The lowest BCUT2D eigenvalue weighted by atomic mass is 10.2. The zero-order chi connectivity index (χ0) is 10.9. The first-order valence-corrected chi connectivity index (χ1v) is 3.79. The first-order chi connectivity index (χ1) is 6.41. The minimum atomic E-state index is -4.50. The molecule has 14 heavy (non-hydrogen) atoms. The molecule has 0 unspecified atom stereocenters. The molecule has 0 spiro atoms. The molecule has 0 saturated heterocycles. The number of nitrogens with zero attached hydrogens (tertiary/aromatic N) is 2. The molecule has 1 rings (SSSR count). The highest BCUT2D eigenvalue weighted by atomic mass is 19.4. The van der Waals surface area contributed by atoms with Crippen LogP contribution in [0.25, 0.3) is 0 Å². The molecule has 0 amide bonds. The Hall–Kier alpha value is -1.24. The van der Waals surface area contributed by atoms with E-state index < -0.39 is 11.9 Å². The Bertz CT molecular complexity index is 332. The number of nitrogens with two attached hydrogens (primary N) is 1. The quantitative estimate of drug-likeness (QED) is 0.787. The highest BCUT2D eigenvalue weighted by Crippen LogP contribution is 2.34. The minimum Gasteiger partial charge on any atom is -0.481 e. The lowest BCUT2D eigenvalue weighted by molar-refractivity contribution is -0.142. The average Bonchev–Trinajstić information content (AvgIpc) is 2.40. The Morgan fingerprint density at radius 1 is 1.50 bits per heavy atom. The van der Waals surface area contributed by atoms with Crippen LogP contribution < -0.4 is 10.5 Å². The summed E-state index contributed by atoms with van der Waals surface area (Å²) in [6, 6.07) is 0. The monoisotopic (exact) mass is 209 g/mol. The molecular formula is C7H10F3N3O. The zero-order valence-corrected chi connectivity index (χ0v) is 7.72. The molecule has 0 saturated carbocycles. The Morgan fingerprint density at radius 2 is 2.07 bits per heavy atom. The van der Waals surface area contributed by atoms with Gasteiger partial charge in [0, 0.05) is 13.6 Å². The predicted octanol–water partition coefficient (Wildman–Crippen LogP) is 0.906. The van der Waals surface area contributed by atoms with Crippen molar-refractivity contribution >= 4 is 0 Å². The van der Waals surface area contributed by atoms with E-state index in [-0.39, 0.29) is 18.0 Å². The second kappa shape index (κ2) is 3.49. The van der Waals surface area contributed by atoms with Crippen molar-refractivity contribution in [1.82, 2.24) is 9.78 Å². The van der Waals surface area contributed by atoms with E-state index in [1.54, 1.807) is 0 Å². The van der Waals surface area contributed by atoms with Crippen LogP contribution in [0.3, 0.4) is 0 Å². The van der Waals surface area contributed by atoms with E-state index in [2.05, 4.69) is 5.10 Å². The second-order valence-corrected chi connectivity index (χ2v) is 2.66. The van der Waals surface area contributed by atoms with Gasteiger partial charge in [0.1, 0.15) is 0 Å². The van der Waals surface area contributed by atoms with Gasteiger partial charge in [0.25, 0.3) is 0 Å². The van der Waals surface area contributed by atoms with Crippen molar-refractivity contribution in [2.45, 2.75) is 12.7 Å². The van der Waals surface area contributed by atoms with Gasteiger partial charge in [-0.15, -0.1) is 0 Å². The van der Waals surface area contributed by atoms with Gasteiger partial charge in [-0.05, 0) is 0 Å². The molecular weight excluding hydrogens is 199 g/mol. The van der Waals surface area contributed by atoms with E-state index >= 15 is 0 Å². The third-order valence-electron chi connectivity index (χ3n) is 1.75. The van der Waals surface area contributed by atoms with E-state index in [4.69, 9.17) is 10.5 Å². The van der Waals surface area contributed by atoms with Crippen LogP contribution >= 0.6 is 0 Å². The molecule has 4 nitrogen and oxygen atoms in total. The molecule has 1 aromatic rings. The average molecular weight is 209 g/mol. The summed E-state index contributed by atoms with van der Waals surface area (Å²) in [5.41, 5.74) is 4.09. The van der Waals surface area contributed by atoms with Gasteiger partial charge in [-0.1, -0.05) is 0 Å². The molecule has 0 aliphatic heterocycles. The van der Waals surface area contributed by atoms with Gasteiger partial charge in [0.05, 0.1) is 12.7 Å².